The molecule has 1 aliphatic rings. The average Bonchev–Trinajstić information content (AvgIpc) is 2.93. The van der Waals surface area contributed by atoms with Crippen LogP contribution in [0.15, 0.2) is 12.1 Å². The van der Waals surface area contributed by atoms with Crippen LogP contribution in [0.5, 0.6) is 0 Å². The Balaban J connectivity index is 2.23. The lowest BCUT2D eigenvalue weighted by Gasteiger charge is -2.26. The first-order valence-corrected chi connectivity index (χ1v) is 8.28. The summed E-state index contributed by atoms with van der Waals surface area (Å²) in [6, 6.07) is 5.33. The average molecular weight is 280 g/mol. The maximum atomic E-state index is 3.37. The molecule has 2 unspecified atom stereocenters. The Bertz CT molecular complexity index is 405. The van der Waals surface area contributed by atoms with Crippen LogP contribution in [0.2, 0.25) is 0 Å². The molecule has 0 radical (unpaired) electrons. The zero-order valence-electron chi connectivity index (χ0n) is 13.0. The van der Waals surface area contributed by atoms with E-state index >= 15 is 0 Å². The summed E-state index contributed by atoms with van der Waals surface area (Å²) in [7, 11) is 2.07. The molecule has 1 aliphatic heterocycles. The lowest BCUT2D eigenvalue weighted by molar-refractivity contribution is 0.242. The third-order valence-corrected chi connectivity index (χ3v) is 5.74. The van der Waals surface area contributed by atoms with Gasteiger partial charge in [-0.25, -0.2) is 0 Å². The number of hydrogen-bond acceptors (Lipinski definition) is 3. The fraction of sp³-hybridized carbons (Fsp3) is 0.750. The number of nitrogens with one attached hydrogen (secondary N) is 1. The van der Waals surface area contributed by atoms with Gasteiger partial charge in [0.15, 0.2) is 0 Å². The minimum absolute atomic E-state index is 0.275. The molecule has 0 amide bonds. The van der Waals surface area contributed by atoms with Gasteiger partial charge in [-0.05, 0) is 56.6 Å². The lowest BCUT2D eigenvalue weighted by Crippen LogP contribution is -2.28. The summed E-state index contributed by atoms with van der Waals surface area (Å²) in [4.78, 5) is 5.71. The summed E-state index contributed by atoms with van der Waals surface area (Å²) in [5.41, 5.74) is 0.275. The van der Waals surface area contributed by atoms with Gasteiger partial charge in [-0.2, -0.15) is 0 Å². The van der Waals surface area contributed by atoms with Crippen LogP contribution in [-0.2, 0) is 5.41 Å². The normalized spacial score (nSPS) is 25.1. The second kappa shape index (κ2) is 5.94. The number of rotatable bonds is 4. The largest absolute Gasteiger partial charge is 0.319 e. The van der Waals surface area contributed by atoms with Gasteiger partial charge in [0.2, 0.25) is 0 Å². The van der Waals surface area contributed by atoms with E-state index in [4.69, 9.17) is 0 Å². The van der Waals surface area contributed by atoms with E-state index in [0.29, 0.717) is 6.04 Å². The minimum atomic E-state index is 0.275. The van der Waals surface area contributed by atoms with Crippen LogP contribution >= 0.6 is 11.3 Å². The molecule has 2 nitrogen and oxygen atoms in total. The van der Waals surface area contributed by atoms with Gasteiger partial charge in [0.1, 0.15) is 0 Å². The van der Waals surface area contributed by atoms with E-state index in [1.54, 1.807) is 4.88 Å². The zero-order chi connectivity index (χ0) is 14.0. The first kappa shape index (κ1) is 15.0. The topological polar surface area (TPSA) is 15.3 Å². The monoisotopic (exact) mass is 280 g/mol. The fourth-order valence-electron chi connectivity index (χ4n) is 3.08. The molecule has 1 saturated heterocycles. The Morgan fingerprint density at radius 1 is 1.37 bits per heavy atom. The summed E-state index contributed by atoms with van der Waals surface area (Å²) in [6.07, 6.45) is 1.32. The van der Waals surface area contributed by atoms with Crippen molar-refractivity contribution in [1.29, 1.82) is 0 Å². The number of hydrogen-bond donors (Lipinski definition) is 1. The van der Waals surface area contributed by atoms with Crippen molar-refractivity contribution >= 4 is 11.3 Å². The summed E-state index contributed by atoms with van der Waals surface area (Å²) in [6.45, 7) is 12.7. The van der Waals surface area contributed by atoms with Crippen molar-refractivity contribution in [3.8, 4) is 0 Å². The van der Waals surface area contributed by atoms with Crippen molar-refractivity contribution in [2.24, 2.45) is 5.92 Å². The van der Waals surface area contributed by atoms with Crippen LogP contribution in [0.4, 0.5) is 0 Å². The van der Waals surface area contributed by atoms with Crippen LogP contribution < -0.4 is 5.32 Å². The van der Waals surface area contributed by atoms with Gasteiger partial charge in [0.25, 0.3) is 0 Å². The molecular formula is C16H28N2S. The Labute approximate surface area is 122 Å². The molecule has 1 fully saturated rings. The first-order chi connectivity index (χ1) is 8.97. The smallest absolute Gasteiger partial charge is 0.0482 e. The Morgan fingerprint density at radius 2 is 2.11 bits per heavy atom. The molecule has 0 bridgehead atoms. The van der Waals surface area contributed by atoms with E-state index in [1.807, 2.05) is 11.3 Å². The Hall–Kier alpha value is -0.380. The highest BCUT2D eigenvalue weighted by Crippen LogP contribution is 2.41. The van der Waals surface area contributed by atoms with Crippen molar-refractivity contribution < 1.29 is 0 Å². The van der Waals surface area contributed by atoms with Crippen molar-refractivity contribution in [1.82, 2.24) is 10.2 Å². The standard InChI is InChI=1S/C16H28N2S/c1-6-18-10-9-12(11-17-5)15(18)13-7-8-14(19-13)16(2,3)4/h7-8,12,15,17H,6,9-11H2,1-5H3. The zero-order valence-corrected chi connectivity index (χ0v) is 13.8. The van der Waals surface area contributed by atoms with Gasteiger partial charge in [-0.15, -0.1) is 11.3 Å². The minimum Gasteiger partial charge on any atom is -0.319 e. The van der Waals surface area contributed by atoms with E-state index < -0.39 is 0 Å². The predicted octanol–water partition coefficient (Wildman–Crippen LogP) is 3.65. The quantitative estimate of drug-likeness (QED) is 0.905. The maximum absolute atomic E-state index is 3.37. The third kappa shape index (κ3) is 3.21. The van der Waals surface area contributed by atoms with Crippen molar-refractivity contribution in [2.45, 2.75) is 45.6 Å². The van der Waals surface area contributed by atoms with E-state index in [1.165, 1.54) is 17.8 Å². The molecule has 19 heavy (non-hydrogen) atoms. The summed E-state index contributed by atoms with van der Waals surface area (Å²) >= 11 is 2.02. The van der Waals surface area contributed by atoms with Gasteiger partial charge in [0.05, 0.1) is 0 Å². The number of likely N-dealkylation sites (tertiary alicyclic amines) is 1. The first-order valence-electron chi connectivity index (χ1n) is 7.46. The van der Waals surface area contributed by atoms with Crippen molar-refractivity contribution in [3.63, 3.8) is 0 Å². The second-order valence-corrected chi connectivity index (χ2v) is 7.75. The predicted molar refractivity (Wildman–Crippen MR) is 85.0 cm³/mol. The van der Waals surface area contributed by atoms with Crippen LogP contribution in [0.3, 0.4) is 0 Å². The molecule has 1 N–H and O–H groups in total. The highest BCUT2D eigenvalue weighted by atomic mass is 32.1. The van der Waals surface area contributed by atoms with Gasteiger partial charge >= 0.3 is 0 Å². The lowest BCUT2D eigenvalue weighted by atomic mass is 9.94. The molecule has 108 valence electrons. The number of thiophene rings is 1. The van der Waals surface area contributed by atoms with Crippen molar-refractivity contribution in [3.05, 3.63) is 21.9 Å². The molecule has 0 aromatic carbocycles. The number of nitrogens with zero attached hydrogens (tertiary/aromatic N) is 1. The molecule has 2 atom stereocenters. The van der Waals surface area contributed by atoms with Gasteiger partial charge in [-0.3, -0.25) is 4.90 Å². The SMILES string of the molecule is CCN1CCC(CNC)C1c1ccc(C(C)(C)C)s1. The highest BCUT2D eigenvalue weighted by Gasteiger charge is 2.35. The van der Waals surface area contributed by atoms with E-state index in [9.17, 15) is 0 Å². The molecule has 0 aliphatic carbocycles. The summed E-state index contributed by atoms with van der Waals surface area (Å²) in [5.74, 6) is 0.761. The fourth-order valence-corrected chi connectivity index (χ4v) is 4.38. The molecule has 2 rings (SSSR count). The second-order valence-electron chi connectivity index (χ2n) is 6.63. The molecule has 1 aromatic rings. The van der Waals surface area contributed by atoms with Crippen LogP contribution in [0.25, 0.3) is 0 Å². The molecular weight excluding hydrogens is 252 g/mol. The maximum Gasteiger partial charge on any atom is 0.0482 e. The van der Waals surface area contributed by atoms with E-state index in [-0.39, 0.29) is 5.41 Å². The van der Waals surface area contributed by atoms with Gasteiger partial charge < -0.3 is 5.32 Å². The summed E-state index contributed by atoms with van der Waals surface area (Å²) in [5, 5.41) is 3.37. The van der Waals surface area contributed by atoms with Gasteiger partial charge in [-0.1, -0.05) is 27.7 Å². The molecule has 0 saturated carbocycles. The summed E-state index contributed by atoms with van der Waals surface area (Å²) < 4.78 is 0. The third-order valence-electron chi connectivity index (χ3n) is 4.16. The Kier molecular flexibility index (Phi) is 4.70. The molecule has 2 heterocycles. The Morgan fingerprint density at radius 3 is 2.63 bits per heavy atom. The van der Waals surface area contributed by atoms with E-state index in [0.717, 1.165) is 19.0 Å². The van der Waals surface area contributed by atoms with Crippen LogP contribution in [0, 0.1) is 5.92 Å². The van der Waals surface area contributed by atoms with Crippen LogP contribution in [0.1, 0.15) is 49.9 Å². The highest BCUT2D eigenvalue weighted by molar-refractivity contribution is 7.12. The molecule has 0 spiro atoms. The van der Waals surface area contributed by atoms with Crippen LogP contribution in [-0.4, -0.2) is 31.6 Å². The molecule has 1 aromatic heterocycles. The van der Waals surface area contributed by atoms with Gasteiger partial charge in [0, 0.05) is 15.8 Å². The van der Waals surface area contributed by atoms with E-state index in [2.05, 4.69) is 57.1 Å². The molecule has 3 heteroatoms. The van der Waals surface area contributed by atoms with Crippen molar-refractivity contribution in [2.75, 3.05) is 26.7 Å².